The fourth-order valence-corrected chi connectivity index (χ4v) is 2.99. The third kappa shape index (κ3) is 2.52. The average Bonchev–Trinajstić information content (AvgIpc) is 2.86. The summed E-state index contributed by atoms with van der Waals surface area (Å²) in [6.45, 7) is 4.59. The van der Waals surface area contributed by atoms with Crippen LogP contribution in [0.5, 0.6) is 0 Å². The number of halogens is 1. The number of aromatic nitrogens is 3. The van der Waals surface area contributed by atoms with Crippen LogP contribution in [0.15, 0.2) is 30.9 Å². The van der Waals surface area contributed by atoms with Crippen molar-refractivity contribution in [3.8, 4) is 5.69 Å². The van der Waals surface area contributed by atoms with Crippen LogP contribution in [-0.4, -0.2) is 20.8 Å². The Morgan fingerprint density at radius 3 is 2.80 bits per heavy atom. The Bertz CT molecular complexity index is 574. The van der Waals surface area contributed by atoms with Gasteiger partial charge in [0.15, 0.2) is 0 Å². The lowest BCUT2D eigenvalue weighted by atomic mass is 9.73. The Morgan fingerprint density at radius 2 is 2.15 bits per heavy atom. The van der Waals surface area contributed by atoms with Crippen LogP contribution in [0.1, 0.15) is 26.7 Å². The molecular formula is C15H19ClN4. The molecule has 0 saturated heterocycles. The molecule has 1 heterocycles. The third-order valence-corrected chi connectivity index (χ3v) is 4.42. The molecule has 3 rings (SSSR count). The summed E-state index contributed by atoms with van der Waals surface area (Å²) in [6, 6.07) is 6.42. The van der Waals surface area contributed by atoms with Crippen LogP contribution in [0.2, 0.25) is 5.02 Å². The first-order valence-corrected chi connectivity index (χ1v) is 7.43. The van der Waals surface area contributed by atoms with Crippen LogP contribution in [0.25, 0.3) is 5.69 Å². The van der Waals surface area contributed by atoms with Crippen molar-refractivity contribution in [2.45, 2.75) is 32.7 Å². The van der Waals surface area contributed by atoms with E-state index in [-0.39, 0.29) is 0 Å². The summed E-state index contributed by atoms with van der Waals surface area (Å²) in [5, 5.41) is 8.45. The maximum Gasteiger partial charge on any atom is 0.138 e. The van der Waals surface area contributed by atoms with Gasteiger partial charge < -0.3 is 5.32 Å². The maximum absolute atomic E-state index is 6.32. The zero-order valence-electron chi connectivity index (χ0n) is 11.8. The standard InChI is InChI=1S/C15H19ClN4/c1-10(2)11-6-12(7-11)19-14-5-3-4-13(16)15(14)20-9-17-8-18-20/h3-5,8-12,19H,6-7H2,1-2H3. The average molecular weight is 291 g/mol. The van der Waals surface area contributed by atoms with Crippen molar-refractivity contribution in [2.24, 2.45) is 11.8 Å². The number of nitrogens with zero attached hydrogens (tertiary/aromatic N) is 3. The fourth-order valence-electron chi connectivity index (χ4n) is 2.73. The number of nitrogens with one attached hydrogen (secondary N) is 1. The van der Waals surface area contributed by atoms with Crippen molar-refractivity contribution >= 4 is 17.3 Å². The van der Waals surface area contributed by atoms with Crippen molar-refractivity contribution < 1.29 is 0 Å². The molecule has 1 fully saturated rings. The van der Waals surface area contributed by atoms with Crippen molar-refractivity contribution in [3.63, 3.8) is 0 Å². The van der Waals surface area contributed by atoms with E-state index in [9.17, 15) is 0 Å². The van der Waals surface area contributed by atoms with Gasteiger partial charge in [0, 0.05) is 6.04 Å². The van der Waals surface area contributed by atoms with E-state index in [4.69, 9.17) is 11.6 Å². The maximum atomic E-state index is 6.32. The predicted molar refractivity (Wildman–Crippen MR) is 81.3 cm³/mol. The lowest BCUT2D eigenvalue weighted by molar-refractivity contribution is 0.212. The predicted octanol–water partition coefficient (Wildman–Crippen LogP) is 3.77. The minimum atomic E-state index is 0.531. The summed E-state index contributed by atoms with van der Waals surface area (Å²) in [5.41, 5.74) is 1.90. The lowest BCUT2D eigenvalue weighted by Gasteiger charge is -2.39. The molecule has 0 unspecified atom stereocenters. The molecule has 106 valence electrons. The van der Waals surface area contributed by atoms with E-state index in [1.54, 1.807) is 11.0 Å². The van der Waals surface area contributed by atoms with Crippen molar-refractivity contribution in [1.29, 1.82) is 0 Å². The SMILES string of the molecule is CC(C)C1CC(Nc2cccc(Cl)c2-n2cncn2)C1. The Morgan fingerprint density at radius 1 is 1.35 bits per heavy atom. The summed E-state index contributed by atoms with van der Waals surface area (Å²) in [6.07, 6.45) is 5.64. The number of hydrogen-bond acceptors (Lipinski definition) is 3. The molecule has 5 heteroatoms. The second-order valence-corrected chi connectivity index (χ2v) is 6.20. The molecule has 1 aromatic carbocycles. The number of anilines is 1. The highest BCUT2D eigenvalue weighted by Gasteiger charge is 2.31. The zero-order chi connectivity index (χ0) is 14.1. The van der Waals surface area contributed by atoms with Gasteiger partial charge in [-0.2, -0.15) is 5.10 Å². The van der Waals surface area contributed by atoms with Crippen molar-refractivity contribution in [3.05, 3.63) is 35.9 Å². The van der Waals surface area contributed by atoms with Gasteiger partial charge in [-0.3, -0.25) is 0 Å². The molecule has 0 atom stereocenters. The topological polar surface area (TPSA) is 42.7 Å². The molecule has 0 radical (unpaired) electrons. The van der Waals surface area contributed by atoms with E-state index in [0.717, 1.165) is 23.2 Å². The number of rotatable bonds is 4. The molecule has 1 aliphatic rings. The second-order valence-electron chi connectivity index (χ2n) is 5.79. The molecule has 0 bridgehead atoms. The van der Waals surface area contributed by atoms with E-state index >= 15 is 0 Å². The van der Waals surface area contributed by atoms with E-state index < -0.39 is 0 Å². The van der Waals surface area contributed by atoms with Gasteiger partial charge in [-0.15, -0.1) is 0 Å². The van der Waals surface area contributed by atoms with Gasteiger partial charge in [-0.05, 0) is 36.8 Å². The molecule has 0 amide bonds. The van der Waals surface area contributed by atoms with Gasteiger partial charge in [0.2, 0.25) is 0 Å². The summed E-state index contributed by atoms with van der Waals surface area (Å²) < 4.78 is 1.71. The summed E-state index contributed by atoms with van der Waals surface area (Å²) in [4.78, 5) is 3.99. The van der Waals surface area contributed by atoms with Crippen LogP contribution >= 0.6 is 11.6 Å². The Balaban J connectivity index is 1.79. The van der Waals surface area contributed by atoms with E-state index in [2.05, 4.69) is 29.2 Å². The van der Waals surface area contributed by atoms with Crippen LogP contribution < -0.4 is 5.32 Å². The van der Waals surface area contributed by atoms with Crippen molar-refractivity contribution in [1.82, 2.24) is 14.8 Å². The smallest absolute Gasteiger partial charge is 0.138 e. The van der Waals surface area contributed by atoms with Gasteiger partial charge in [-0.25, -0.2) is 9.67 Å². The number of benzene rings is 1. The number of hydrogen-bond donors (Lipinski definition) is 1. The van der Waals surface area contributed by atoms with E-state index in [0.29, 0.717) is 11.1 Å². The molecule has 1 aromatic heterocycles. The molecule has 2 aromatic rings. The minimum Gasteiger partial charge on any atom is -0.381 e. The van der Waals surface area contributed by atoms with E-state index in [1.807, 2.05) is 18.2 Å². The van der Waals surface area contributed by atoms with Gasteiger partial charge in [0.1, 0.15) is 18.3 Å². The molecular weight excluding hydrogens is 272 g/mol. The third-order valence-electron chi connectivity index (χ3n) is 4.11. The van der Waals surface area contributed by atoms with Gasteiger partial charge in [-0.1, -0.05) is 31.5 Å². The highest BCUT2D eigenvalue weighted by atomic mass is 35.5. The Labute approximate surface area is 124 Å². The molecule has 0 spiro atoms. The number of para-hydroxylation sites is 1. The first-order valence-electron chi connectivity index (χ1n) is 7.05. The minimum absolute atomic E-state index is 0.531. The second kappa shape index (κ2) is 5.44. The zero-order valence-corrected chi connectivity index (χ0v) is 12.5. The quantitative estimate of drug-likeness (QED) is 0.932. The van der Waals surface area contributed by atoms with Crippen LogP contribution in [0.4, 0.5) is 5.69 Å². The molecule has 1 aliphatic carbocycles. The van der Waals surface area contributed by atoms with Crippen molar-refractivity contribution in [2.75, 3.05) is 5.32 Å². The largest absolute Gasteiger partial charge is 0.381 e. The first-order chi connectivity index (χ1) is 9.65. The van der Waals surface area contributed by atoms with Crippen LogP contribution in [-0.2, 0) is 0 Å². The molecule has 0 aliphatic heterocycles. The first kappa shape index (κ1) is 13.4. The Hall–Kier alpha value is -1.55. The molecule has 1 saturated carbocycles. The summed E-state index contributed by atoms with van der Waals surface area (Å²) in [7, 11) is 0. The van der Waals surface area contributed by atoms with Gasteiger partial charge in [0.25, 0.3) is 0 Å². The van der Waals surface area contributed by atoms with Gasteiger partial charge in [0.05, 0.1) is 10.7 Å². The van der Waals surface area contributed by atoms with Gasteiger partial charge >= 0.3 is 0 Å². The molecule has 1 N–H and O–H groups in total. The summed E-state index contributed by atoms with van der Waals surface area (Å²) >= 11 is 6.32. The highest BCUT2D eigenvalue weighted by Crippen LogP contribution is 2.37. The monoisotopic (exact) mass is 290 g/mol. The lowest BCUT2D eigenvalue weighted by Crippen LogP contribution is -2.38. The molecule has 20 heavy (non-hydrogen) atoms. The summed E-state index contributed by atoms with van der Waals surface area (Å²) in [5.74, 6) is 1.60. The van der Waals surface area contributed by atoms with Crippen LogP contribution in [0, 0.1) is 11.8 Å². The van der Waals surface area contributed by atoms with Crippen LogP contribution in [0.3, 0.4) is 0 Å². The van der Waals surface area contributed by atoms with E-state index in [1.165, 1.54) is 19.2 Å². The molecule has 4 nitrogen and oxygen atoms in total. The normalized spacial score (nSPS) is 21.8. The highest BCUT2D eigenvalue weighted by molar-refractivity contribution is 6.33. The fraction of sp³-hybridized carbons (Fsp3) is 0.467. The Kier molecular flexibility index (Phi) is 3.66.